The van der Waals surface area contributed by atoms with Crippen molar-refractivity contribution in [2.24, 2.45) is 0 Å². The lowest BCUT2D eigenvalue weighted by atomic mass is 10.1. The Morgan fingerprint density at radius 1 is 1.17 bits per heavy atom. The number of aromatic nitrogens is 2. The molecular formula is C19H22F3N3O3S. The molecule has 1 N–H and O–H groups in total. The van der Waals surface area contributed by atoms with Gasteiger partial charge >= 0.3 is 6.18 Å². The average Bonchev–Trinajstić information content (AvgIpc) is 2.70. The summed E-state index contributed by atoms with van der Waals surface area (Å²) in [4.78, 5) is 19.7. The fourth-order valence-corrected chi connectivity index (χ4v) is 3.00. The summed E-state index contributed by atoms with van der Waals surface area (Å²) in [7, 11) is 2.89. The van der Waals surface area contributed by atoms with Gasteiger partial charge in [0.05, 0.1) is 25.7 Å². The fourth-order valence-electron chi connectivity index (χ4n) is 2.33. The largest absolute Gasteiger partial charge is 0.493 e. The summed E-state index contributed by atoms with van der Waals surface area (Å²) >= 11 is 0.848. The van der Waals surface area contributed by atoms with Crippen molar-refractivity contribution >= 4 is 17.7 Å². The topological polar surface area (TPSA) is 73.3 Å². The minimum Gasteiger partial charge on any atom is -0.493 e. The number of carbonyl (C=O) groups is 1. The van der Waals surface area contributed by atoms with E-state index in [0.717, 1.165) is 24.2 Å². The number of benzene rings is 1. The molecule has 1 aromatic heterocycles. The quantitative estimate of drug-likeness (QED) is 0.501. The second kappa shape index (κ2) is 9.82. The van der Waals surface area contributed by atoms with Crippen molar-refractivity contribution in [3.8, 4) is 22.8 Å². The molecule has 6 nitrogen and oxygen atoms in total. The number of hydrogen-bond acceptors (Lipinski definition) is 6. The molecule has 0 saturated heterocycles. The molecule has 29 heavy (non-hydrogen) atoms. The van der Waals surface area contributed by atoms with Crippen LogP contribution in [0.2, 0.25) is 0 Å². The van der Waals surface area contributed by atoms with Crippen LogP contribution in [0.5, 0.6) is 11.5 Å². The summed E-state index contributed by atoms with van der Waals surface area (Å²) < 4.78 is 50.3. The number of rotatable bonds is 8. The van der Waals surface area contributed by atoms with Gasteiger partial charge in [0.25, 0.3) is 0 Å². The predicted octanol–water partition coefficient (Wildman–Crippen LogP) is 4.19. The molecule has 0 spiro atoms. The van der Waals surface area contributed by atoms with Crippen LogP contribution in [0, 0.1) is 0 Å². The van der Waals surface area contributed by atoms with Crippen molar-refractivity contribution < 1.29 is 27.4 Å². The first kappa shape index (κ1) is 22.8. The maximum Gasteiger partial charge on any atom is 0.433 e. The number of thioether (sulfide) groups is 1. The third-order valence-corrected chi connectivity index (χ3v) is 4.87. The molecule has 0 radical (unpaired) electrons. The van der Waals surface area contributed by atoms with E-state index in [1.54, 1.807) is 12.1 Å². The highest BCUT2D eigenvalue weighted by atomic mass is 32.2. The van der Waals surface area contributed by atoms with Gasteiger partial charge in [-0.1, -0.05) is 18.7 Å². The number of amides is 1. The zero-order chi connectivity index (χ0) is 21.6. The molecule has 0 aliphatic rings. The van der Waals surface area contributed by atoms with E-state index < -0.39 is 11.9 Å². The number of hydrogen-bond donors (Lipinski definition) is 1. The van der Waals surface area contributed by atoms with Gasteiger partial charge in [0.1, 0.15) is 5.69 Å². The van der Waals surface area contributed by atoms with Gasteiger partial charge in [-0.2, -0.15) is 13.2 Å². The Bertz CT molecular complexity index is 862. The summed E-state index contributed by atoms with van der Waals surface area (Å²) in [6.45, 7) is 3.77. The summed E-state index contributed by atoms with van der Waals surface area (Å²) in [5.74, 6) is 0.423. The van der Waals surface area contributed by atoms with Gasteiger partial charge in [0.2, 0.25) is 5.91 Å². The zero-order valence-electron chi connectivity index (χ0n) is 16.5. The highest BCUT2D eigenvalue weighted by Gasteiger charge is 2.34. The van der Waals surface area contributed by atoms with Crippen LogP contribution in [0.25, 0.3) is 11.3 Å². The smallest absolute Gasteiger partial charge is 0.433 e. The Balaban J connectivity index is 2.36. The molecule has 1 aromatic carbocycles. The number of nitrogens with one attached hydrogen (secondary N) is 1. The molecule has 2 rings (SSSR count). The van der Waals surface area contributed by atoms with Gasteiger partial charge in [-0.15, -0.1) is 0 Å². The van der Waals surface area contributed by atoms with E-state index in [4.69, 9.17) is 9.47 Å². The second-order valence-corrected chi connectivity index (χ2v) is 7.10. The molecule has 0 bridgehead atoms. The molecule has 1 heterocycles. The van der Waals surface area contributed by atoms with Gasteiger partial charge < -0.3 is 14.8 Å². The first-order chi connectivity index (χ1) is 13.7. The van der Waals surface area contributed by atoms with Crippen LogP contribution in [-0.4, -0.2) is 41.9 Å². The molecule has 1 unspecified atom stereocenters. The lowest BCUT2D eigenvalue weighted by molar-refractivity contribution is -0.141. The minimum atomic E-state index is -4.65. The van der Waals surface area contributed by atoms with Crippen LogP contribution in [0.3, 0.4) is 0 Å². The Morgan fingerprint density at radius 3 is 2.45 bits per heavy atom. The summed E-state index contributed by atoms with van der Waals surface area (Å²) in [5, 5.41) is 2.62. The molecule has 158 valence electrons. The van der Waals surface area contributed by atoms with Crippen LogP contribution in [0.1, 0.15) is 26.0 Å². The SMILES string of the molecule is CCC(C)NC(=O)CSc1nc(-c2ccc(OC)c(OC)c2)cc(C(F)(F)F)n1. The maximum absolute atomic E-state index is 13.3. The maximum atomic E-state index is 13.3. The first-order valence-corrected chi connectivity index (χ1v) is 9.77. The van der Waals surface area contributed by atoms with Gasteiger partial charge in [-0.05, 0) is 37.6 Å². The highest BCUT2D eigenvalue weighted by Crippen LogP contribution is 2.35. The standard InChI is InChI=1S/C19H22F3N3O3S/c1-5-11(2)23-17(26)10-29-18-24-13(9-16(25-18)19(20,21)22)12-6-7-14(27-3)15(8-12)28-4/h6-9,11H,5,10H2,1-4H3,(H,23,26). The van der Waals surface area contributed by atoms with E-state index in [1.807, 2.05) is 13.8 Å². The molecule has 0 fully saturated rings. The molecule has 10 heteroatoms. The molecule has 0 aliphatic heterocycles. The minimum absolute atomic E-state index is 0.0205. The monoisotopic (exact) mass is 429 g/mol. The average molecular weight is 429 g/mol. The third kappa shape index (κ3) is 6.25. The number of halogens is 3. The van der Waals surface area contributed by atoms with Crippen molar-refractivity contribution in [2.45, 2.75) is 37.6 Å². The van der Waals surface area contributed by atoms with Crippen LogP contribution < -0.4 is 14.8 Å². The molecular weight excluding hydrogens is 407 g/mol. The Morgan fingerprint density at radius 2 is 1.86 bits per heavy atom. The number of alkyl halides is 3. The molecule has 1 amide bonds. The second-order valence-electron chi connectivity index (χ2n) is 6.15. The van der Waals surface area contributed by atoms with Crippen LogP contribution >= 0.6 is 11.8 Å². The predicted molar refractivity (Wildman–Crippen MR) is 104 cm³/mol. The Hall–Kier alpha value is -2.49. The van der Waals surface area contributed by atoms with Crippen molar-refractivity contribution in [3.63, 3.8) is 0 Å². The van der Waals surface area contributed by atoms with Crippen molar-refractivity contribution in [1.82, 2.24) is 15.3 Å². The van der Waals surface area contributed by atoms with Crippen molar-refractivity contribution in [3.05, 3.63) is 30.0 Å². The molecule has 1 atom stereocenters. The number of ether oxygens (including phenoxy) is 2. The lowest BCUT2D eigenvalue weighted by Crippen LogP contribution is -2.33. The summed E-state index contributed by atoms with van der Waals surface area (Å²) in [5.41, 5.74) is -0.610. The Kier molecular flexibility index (Phi) is 7.72. The Labute approximate surface area is 171 Å². The van der Waals surface area contributed by atoms with Gasteiger partial charge in [-0.3, -0.25) is 4.79 Å². The summed E-state index contributed by atoms with van der Waals surface area (Å²) in [6.07, 6.45) is -3.90. The van der Waals surface area contributed by atoms with E-state index >= 15 is 0 Å². The van der Waals surface area contributed by atoms with Crippen molar-refractivity contribution in [2.75, 3.05) is 20.0 Å². The number of methoxy groups -OCH3 is 2. The van der Waals surface area contributed by atoms with E-state index in [0.29, 0.717) is 17.1 Å². The van der Waals surface area contributed by atoms with Crippen LogP contribution in [0.15, 0.2) is 29.4 Å². The van der Waals surface area contributed by atoms with E-state index in [1.165, 1.54) is 20.3 Å². The van der Waals surface area contributed by atoms with Crippen LogP contribution in [-0.2, 0) is 11.0 Å². The fraction of sp³-hybridized carbons (Fsp3) is 0.421. The zero-order valence-corrected chi connectivity index (χ0v) is 17.3. The third-order valence-electron chi connectivity index (χ3n) is 4.03. The molecule has 0 saturated carbocycles. The van der Waals surface area contributed by atoms with Gasteiger partial charge in [-0.25, -0.2) is 9.97 Å². The van der Waals surface area contributed by atoms with Crippen LogP contribution in [0.4, 0.5) is 13.2 Å². The molecule has 0 aliphatic carbocycles. The van der Waals surface area contributed by atoms with Gasteiger partial charge in [0.15, 0.2) is 16.7 Å². The lowest BCUT2D eigenvalue weighted by Gasteiger charge is -2.13. The van der Waals surface area contributed by atoms with E-state index in [2.05, 4.69) is 15.3 Å². The molecule has 2 aromatic rings. The summed E-state index contributed by atoms with van der Waals surface area (Å²) in [6, 6.07) is 5.53. The first-order valence-electron chi connectivity index (χ1n) is 8.78. The van der Waals surface area contributed by atoms with E-state index in [-0.39, 0.29) is 28.6 Å². The van der Waals surface area contributed by atoms with E-state index in [9.17, 15) is 18.0 Å². The number of carbonyl (C=O) groups excluding carboxylic acids is 1. The normalized spacial score (nSPS) is 12.4. The van der Waals surface area contributed by atoms with Gasteiger partial charge in [0, 0.05) is 11.6 Å². The number of nitrogens with zero attached hydrogens (tertiary/aromatic N) is 2. The van der Waals surface area contributed by atoms with Crippen molar-refractivity contribution in [1.29, 1.82) is 0 Å². The highest BCUT2D eigenvalue weighted by molar-refractivity contribution is 7.99.